The van der Waals surface area contributed by atoms with Crippen molar-refractivity contribution in [3.63, 3.8) is 0 Å². The topological polar surface area (TPSA) is 75.3 Å². The van der Waals surface area contributed by atoms with Crippen molar-refractivity contribution in [2.75, 3.05) is 13.1 Å². The summed E-state index contributed by atoms with van der Waals surface area (Å²) in [6.07, 6.45) is 1.06. The molecule has 1 aromatic heterocycles. The summed E-state index contributed by atoms with van der Waals surface area (Å²) < 4.78 is 26.1. The Bertz CT molecular complexity index is 723. The number of amides is 1. The first-order valence-corrected chi connectivity index (χ1v) is 9.75. The van der Waals surface area contributed by atoms with Crippen LogP contribution in [0.2, 0.25) is 0 Å². The lowest BCUT2D eigenvalue weighted by atomic mass is 10.1. The number of thiophene rings is 1. The first-order chi connectivity index (χ1) is 11.0. The van der Waals surface area contributed by atoms with Gasteiger partial charge in [0.05, 0.1) is 11.3 Å². The van der Waals surface area contributed by atoms with Crippen molar-refractivity contribution in [1.29, 1.82) is 0 Å². The monoisotopic (exact) mass is 352 g/mol. The fourth-order valence-corrected chi connectivity index (χ4v) is 3.83. The molecule has 0 unspecified atom stereocenters. The van der Waals surface area contributed by atoms with E-state index in [1.54, 1.807) is 42.5 Å². The maximum Gasteiger partial charge on any atom is 0.240 e. The normalized spacial score (nSPS) is 11.3. The quantitative estimate of drug-likeness (QED) is 0.762. The van der Waals surface area contributed by atoms with Crippen molar-refractivity contribution in [3.05, 3.63) is 52.2 Å². The minimum atomic E-state index is -3.41. The first kappa shape index (κ1) is 17.7. The SMILES string of the molecule is CCNS(=O)(=O)c1ccc(CCNC(=O)Cc2cccs2)cc1. The molecule has 124 valence electrons. The summed E-state index contributed by atoms with van der Waals surface area (Å²) in [4.78, 5) is 13.1. The maximum atomic E-state index is 11.8. The largest absolute Gasteiger partial charge is 0.355 e. The molecule has 0 aliphatic rings. The number of hydrogen-bond donors (Lipinski definition) is 2. The average Bonchev–Trinajstić information content (AvgIpc) is 3.00. The molecule has 7 heteroatoms. The summed E-state index contributed by atoms with van der Waals surface area (Å²) in [6.45, 7) is 2.63. The molecule has 0 aliphatic carbocycles. The molecule has 23 heavy (non-hydrogen) atoms. The molecule has 1 heterocycles. The van der Waals surface area contributed by atoms with Gasteiger partial charge in [0.2, 0.25) is 15.9 Å². The second-order valence-electron chi connectivity index (χ2n) is 5.00. The molecular weight excluding hydrogens is 332 g/mol. The molecule has 1 aromatic carbocycles. The highest BCUT2D eigenvalue weighted by Gasteiger charge is 2.11. The van der Waals surface area contributed by atoms with Gasteiger partial charge >= 0.3 is 0 Å². The van der Waals surface area contributed by atoms with Gasteiger partial charge in [0.15, 0.2) is 0 Å². The minimum absolute atomic E-state index is 0.00112. The predicted molar refractivity (Wildman–Crippen MR) is 92.0 cm³/mol. The maximum absolute atomic E-state index is 11.8. The Labute approximate surface area is 140 Å². The molecule has 0 atom stereocenters. The number of nitrogens with one attached hydrogen (secondary N) is 2. The highest BCUT2D eigenvalue weighted by atomic mass is 32.2. The van der Waals surface area contributed by atoms with Gasteiger partial charge < -0.3 is 5.32 Å². The van der Waals surface area contributed by atoms with Crippen LogP contribution in [0.1, 0.15) is 17.4 Å². The molecule has 0 radical (unpaired) electrons. The van der Waals surface area contributed by atoms with E-state index in [0.29, 0.717) is 25.9 Å². The van der Waals surface area contributed by atoms with Crippen molar-refractivity contribution in [1.82, 2.24) is 10.0 Å². The van der Waals surface area contributed by atoms with E-state index in [-0.39, 0.29) is 10.8 Å². The van der Waals surface area contributed by atoms with Gasteiger partial charge in [-0.2, -0.15) is 0 Å². The Morgan fingerprint density at radius 1 is 1.17 bits per heavy atom. The molecule has 0 aliphatic heterocycles. The van der Waals surface area contributed by atoms with Crippen LogP contribution < -0.4 is 10.0 Å². The standard InChI is InChI=1S/C16H20N2O3S2/c1-2-18-23(20,21)15-7-5-13(6-8-15)9-10-17-16(19)12-14-4-3-11-22-14/h3-8,11,18H,2,9-10,12H2,1H3,(H,17,19). The minimum Gasteiger partial charge on any atom is -0.355 e. The van der Waals surface area contributed by atoms with Crippen LogP contribution in [-0.2, 0) is 27.7 Å². The zero-order valence-electron chi connectivity index (χ0n) is 12.9. The molecule has 5 nitrogen and oxygen atoms in total. The molecule has 0 fully saturated rings. The highest BCUT2D eigenvalue weighted by Crippen LogP contribution is 2.11. The Balaban J connectivity index is 1.81. The molecule has 0 spiro atoms. The molecule has 0 saturated heterocycles. The smallest absolute Gasteiger partial charge is 0.240 e. The van der Waals surface area contributed by atoms with E-state index < -0.39 is 10.0 Å². The van der Waals surface area contributed by atoms with Crippen molar-refractivity contribution >= 4 is 27.3 Å². The summed E-state index contributed by atoms with van der Waals surface area (Å²) >= 11 is 1.57. The second-order valence-corrected chi connectivity index (χ2v) is 7.80. The van der Waals surface area contributed by atoms with Crippen molar-refractivity contribution in [3.8, 4) is 0 Å². The van der Waals surface area contributed by atoms with Crippen molar-refractivity contribution in [2.45, 2.75) is 24.7 Å². The third-order valence-corrected chi connectivity index (χ3v) is 5.66. The zero-order chi connectivity index (χ0) is 16.7. The number of carbonyl (C=O) groups excluding carboxylic acids is 1. The molecule has 0 saturated carbocycles. The number of rotatable bonds is 8. The summed E-state index contributed by atoms with van der Waals surface area (Å²) in [5.74, 6) is -0.00112. The van der Waals surface area contributed by atoms with Gasteiger partial charge in [-0.25, -0.2) is 13.1 Å². The summed E-state index contributed by atoms with van der Waals surface area (Å²) in [5, 5.41) is 4.82. The number of sulfonamides is 1. The lowest BCUT2D eigenvalue weighted by Crippen LogP contribution is -2.27. The van der Waals surface area contributed by atoms with Crippen LogP contribution in [0.3, 0.4) is 0 Å². The molecule has 2 N–H and O–H groups in total. The van der Waals surface area contributed by atoms with Gasteiger partial charge in [-0.3, -0.25) is 4.79 Å². The Kier molecular flexibility index (Phi) is 6.32. The van der Waals surface area contributed by atoms with Crippen molar-refractivity contribution in [2.24, 2.45) is 0 Å². The van der Waals surface area contributed by atoms with Crippen LogP contribution >= 0.6 is 11.3 Å². The van der Waals surface area contributed by atoms with Crippen LogP contribution in [-0.4, -0.2) is 27.4 Å². The van der Waals surface area contributed by atoms with Crippen LogP contribution in [0, 0.1) is 0 Å². The summed E-state index contributed by atoms with van der Waals surface area (Å²) in [7, 11) is -3.41. The number of carbonyl (C=O) groups is 1. The van der Waals surface area contributed by atoms with Gasteiger partial charge in [-0.1, -0.05) is 25.1 Å². The third kappa shape index (κ3) is 5.46. The fraction of sp³-hybridized carbons (Fsp3) is 0.312. The Morgan fingerprint density at radius 2 is 1.91 bits per heavy atom. The summed E-state index contributed by atoms with van der Waals surface area (Å²) in [5.41, 5.74) is 0.983. The van der Waals surface area contributed by atoms with Crippen LogP contribution in [0.15, 0.2) is 46.7 Å². The van der Waals surface area contributed by atoms with Gasteiger partial charge in [0, 0.05) is 18.0 Å². The van der Waals surface area contributed by atoms with Gasteiger partial charge in [0.25, 0.3) is 0 Å². The van der Waals surface area contributed by atoms with E-state index in [2.05, 4.69) is 10.0 Å². The third-order valence-electron chi connectivity index (χ3n) is 3.22. The van der Waals surface area contributed by atoms with Crippen molar-refractivity contribution < 1.29 is 13.2 Å². The molecular formula is C16H20N2O3S2. The zero-order valence-corrected chi connectivity index (χ0v) is 14.5. The van der Waals surface area contributed by atoms with Gasteiger partial charge in [0.1, 0.15) is 0 Å². The van der Waals surface area contributed by atoms with E-state index in [4.69, 9.17) is 0 Å². The Hall–Kier alpha value is -1.70. The molecule has 1 amide bonds. The fourth-order valence-electron chi connectivity index (χ4n) is 2.09. The second kappa shape index (κ2) is 8.24. The van der Waals surface area contributed by atoms with Gasteiger partial charge in [-0.05, 0) is 35.6 Å². The average molecular weight is 352 g/mol. The lowest BCUT2D eigenvalue weighted by Gasteiger charge is -2.07. The molecule has 2 aromatic rings. The summed E-state index contributed by atoms with van der Waals surface area (Å²) in [6, 6.07) is 10.6. The van der Waals surface area contributed by atoms with E-state index in [1.807, 2.05) is 17.5 Å². The van der Waals surface area contributed by atoms with Crippen LogP contribution in [0.25, 0.3) is 0 Å². The van der Waals surface area contributed by atoms with Gasteiger partial charge in [-0.15, -0.1) is 11.3 Å². The van der Waals surface area contributed by atoms with E-state index in [9.17, 15) is 13.2 Å². The van der Waals surface area contributed by atoms with Crippen LogP contribution in [0.4, 0.5) is 0 Å². The highest BCUT2D eigenvalue weighted by molar-refractivity contribution is 7.89. The molecule has 2 rings (SSSR count). The van der Waals surface area contributed by atoms with E-state index in [0.717, 1.165) is 10.4 Å². The molecule has 0 bridgehead atoms. The number of benzene rings is 1. The van der Waals surface area contributed by atoms with Crippen LogP contribution in [0.5, 0.6) is 0 Å². The Morgan fingerprint density at radius 3 is 2.52 bits per heavy atom. The predicted octanol–water partition coefficient (Wildman–Crippen LogP) is 1.95. The lowest BCUT2D eigenvalue weighted by molar-refractivity contribution is -0.120. The first-order valence-electron chi connectivity index (χ1n) is 7.39. The van der Waals surface area contributed by atoms with E-state index >= 15 is 0 Å². The van der Waals surface area contributed by atoms with E-state index in [1.165, 1.54) is 0 Å². The number of hydrogen-bond acceptors (Lipinski definition) is 4.